The molecule has 2 saturated heterocycles. The molecule has 0 radical (unpaired) electrons. The Bertz CT molecular complexity index is 690. The van der Waals surface area contributed by atoms with E-state index in [1.165, 1.54) is 4.90 Å². The SMILES string of the molecule is CCC(=O)NNC(=O)C1CC2(CC2)C2CN1C(=O)N2OS(=O)(=O)O. The predicted molar refractivity (Wildman–Crippen MR) is 77.0 cm³/mol. The van der Waals surface area contributed by atoms with Crippen LogP contribution in [-0.4, -0.2) is 59.4 Å². The van der Waals surface area contributed by atoms with E-state index in [0.717, 1.165) is 12.8 Å². The monoisotopic (exact) mass is 362 g/mol. The molecule has 2 unspecified atom stereocenters. The highest BCUT2D eigenvalue weighted by molar-refractivity contribution is 7.80. The molecule has 11 nitrogen and oxygen atoms in total. The summed E-state index contributed by atoms with van der Waals surface area (Å²) in [5, 5.41) is 0.639. The Labute approximate surface area is 138 Å². The molecule has 12 heteroatoms. The number of nitrogens with zero attached hydrogens (tertiary/aromatic N) is 2. The molecule has 3 N–H and O–H groups in total. The van der Waals surface area contributed by atoms with Gasteiger partial charge in [0.25, 0.3) is 5.91 Å². The highest BCUT2D eigenvalue weighted by atomic mass is 32.3. The van der Waals surface area contributed by atoms with E-state index in [-0.39, 0.29) is 18.9 Å². The van der Waals surface area contributed by atoms with E-state index >= 15 is 0 Å². The quantitative estimate of drug-likeness (QED) is 0.427. The number of amides is 4. The van der Waals surface area contributed by atoms with E-state index in [9.17, 15) is 22.8 Å². The molecule has 2 atom stereocenters. The summed E-state index contributed by atoms with van der Waals surface area (Å²) in [6.07, 6.45) is 1.96. The Morgan fingerprint density at radius 3 is 2.58 bits per heavy atom. The molecule has 0 aromatic carbocycles. The first-order valence-corrected chi connectivity index (χ1v) is 8.89. The maximum absolute atomic E-state index is 12.4. The van der Waals surface area contributed by atoms with Gasteiger partial charge in [-0.15, -0.1) is 4.28 Å². The van der Waals surface area contributed by atoms with E-state index in [2.05, 4.69) is 15.1 Å². The van der Waals surface area contributed by atoms with Gasteiger partial charge in [-0.2, -0.15) is 13.5 Å². The van der Waals surface area contributed by atoms with Crippen LogP contribution in [-0.2, 0) is 24.3 Å². The van der Waals surface area contributed by atoms with E-state index in [1.807, 2.05) is 0 Å². The first kappa shape index (κ1) is 16.9. The first-order chi connectivity index (χ1) is 11.2. The zero-order valence-corrected chi connectivity index (χ0v) is 13.7. The van der Waals surface area contributed by atoms with Gasteiger partial charge in [-0.25, -0.2) is 4.79 Å². The molecule has 1 aliphatic carbocycles. The topological polar surface area (TPSA) is 145 Å². The lowest BCUT2D eigenvalue weighted by atomic mass is 9.85. The number of nitrogens with one attached hydrogen (secondary N) is 2. The zero-order chi connectivity index (χ0) is 17.7. The van der Waals surface area contributed by atoms with Crippen LogP contribution in [0.2, 0.25) is 0 Å². The number of hydrogen-bond acceptors (Lipinski definition) is 6. The minimum Gasteiger partial charge on any atom is -0.309 e. The fourth-order valence-corrected chi connectivity index (χ4v) is 3.72. The van der Waals surface area contributed by atoms with Crippen LogP contribution in [0.4, 0.5) is 4.79 Å². The Kier molecular flexibility index (Phi) is 3.92. The summed E-state index contributed by atoms with van der Waals surface area (Å²) < 4.78 is 35.2. The smallest absolute Gasteiger partial charge is 0.309 e. The highest BCUT2D eigenvalue weighted by Crippen LogP contribution is 2.59. The molecule has 2 bridgehead atoms. The average Bonchev–Trinajstić information content (AvgIpc) is 3.22. The number of rotatable bonds is 4. The molecule has 1 saturated carbocycles. The fourth-order valence-electron chi connectivity index (χ4n) is 3.35. The predicted octanol–water partition coefficient (Wildman–Crippen LogP) is -1.06. The van der Waals surface area contributed by atoms with Crippen molar-refractivity contribution in [1.29, 1.82) is 0 Å². The van der Waals surface area contributed by atoms with Gasteiger partial charge < -0.3 is 4.90 Å². The van der Waals surface area contributed by atoms with E-state index < -0.39 is 39.8 Å². The zero-order valence-electron chi connectivity index (χ0n) is 12.9. The summed E-state index contributed by atoms with van der Waals surface area (Å²) in [7, 11) is -4.84. The van der Waals surface area contributed by atoms with Gasteiger partial charge in [0, 0.05) is 13.0 Å². The molecule has 3 aliphatic rings. The number of fused-ring (bicyclic) bond motifs is 3. The van der Waals surface area contributed by atoms with Crippen LogP contribution >= 0.6 is 0 Å². The number of carbonyl (C=O) groups is 3. The molecule has 3 rings (SSSR count). The highest BCUT2D eigenvalue weighted by Gasteiger charge is 2.65. The summed E-state index contributed by atoms with van der Waals surface area (Å²) in [4.78, 5) is 37.1. The molecule has 0 aromatic rings. The summed E-state index contributed by atoms with van der Waals surface area (Å²) in [5.74, 6) is -0.925. The van der Waals surface area contributed by atoms with Crippen LogP contribution in [0, 0.1) is 5.41 Å². The molecule has 2 heterocycles. The Morgan fingerprint density at radius 2 is 2.04 bits per heavy atom. The van der Waals surface area contributed by atoms with Crippen molar-refractivity contribution in [2.75, 3.05) is 6.54 Å². The van der Waals surface area contributed by atoms with Gasteiger partial charge in [0.15, 0.2) is 0 Å². The van der Waals surface area contributed by atoms with Crippen molar-refractivity contribution in [3.05, 3.63) is 0 Å². The lowest BCUT2D eigenvalue weighted by Gasteiger charge is -2.35. The number of hydroxylamine groups is 2. The largest absolute Gasteiger partial charge is 0.418 e. The number of urea groups is 1. The number of piperidine rings is 1. The second-order valence-electron chi connectivity index (χ2n) is 6.25. The van der Waals surface area contributed by atoms with Gasteiger partial charge in [0.1, 0.15) is 6.04 Å². The molecular weight excluding hydrogens is 344 g/mol. The van der Waals surface area contributed by atoms with Crippen LogP contribution < -0.4 is 10.9 Å². The van der Waals surface area contributed by atoms with Gasteiger partial charge in [-0.1, -0.05) is 6.92 Å². The van der Waals surface area contributed by atoms with Gasteiger partial charge in [0.2, 0.25) is 5.91 Å². The second-order valence-corrected chi connectivity index (χ2v) is 7.26. The molecule has 2 aliphatic heterocycles. The molecule has 1 spiro atoms. The van der Waals surface area contributed by atoms with Crippen molar-refractivity contribution in [1.82, 2.24) is 20.8 Å². The minimum absolute atomic E-state index is 0.119. The van der Waals surface area contributed by atoms with Gasteiger partial charge in [-0.05, 0) is 24.7 Å². The molecule has 24 heavy (non-hydrogen) atoms. The number of hydrazine groups is 1. The standard InChI is InChI=1S/C12H18N4O7S/c1-2-9(17)13-14-10(18)7-5-12(3-4-12)8-6-15(7)11(19)16(8)23-24(20,21)22/h7-8H,2-6H2,1H3,(H,13,17)(H,14,18)(H,20,21,22). The van der Waals surface area contributed by atoms with Crippen molar-refractivity contribution in [2.45, 2.75) is 44.7 Å². The number of hydrogen-bond donors (Lipinski definition) is 3. The average molecular weight is 362 g/mol. The van der Waals surface area contributed by atoms with Gasteiger partial charge in [0.05, 0.1) is 6.04 Å². The summed E-state index contributed by atoms with van der Waals surface area (Å²) in [6, 6.07) is -2.19. The molecule has 0 aromatic heterocycles. The normalized spacial score (nSPS) is 27.3. The van der Waals surface area contributed by atoms with Crippen molar-refractivity contribution in [3.63, 3.8) is 0 Å². The van der Waals surface area contributed by atoms with Crippen molar-refractivity contribution in [3.8, 4) is 0 Å². The molecular formula is C12H18N4O7S. The van der Waals surface area contributed by atoms with Crippen LogP contribution in [0.15, 0.2) is 0 Å². The van der Waals surface area contributed by atoms with Crippen molar-refractivity contribution >= 4 is 28.2 Å². The van der Waals surface area contributed by atoms with Gasteiger partial charge >= 0.3 is 16.4 Å². The van der Waals surface area contributed by atoms with Gasteiger partial charge in [-0.3, -0.25) is 25.0 Å². The van der Waals surface area contributed by atoms with E-state index in [0.29, 0.717) is 11.5 Å². The third kappa shape index (κ3) is 2.91. The lowest BCUT2D eigenvalue weighted by molar-refractivity contribution is -0.132. The molecule has 134 valence electrons. The summed E-state index contributed by atoms with van der Waals surface area (Å²) in [6.45, 7) is 1.74. The van der Waals surface area contributed by atoms with Crippen LogP contribution in [0.1, 0.15) is 32.6 Å². The maximum Gasteiger partial charge on any atom is 0.418 e. The Balaban J connectivity index is 1.77. The molecule has 3 fully saturated rings. The van der Waals surface area contributed by atoms with Crippen molar-refractivity contribution in [2.24, 2.45) is 5.41 Å². The third-order valence-corrected chi connectivity index (χ3v) is 5.13. The van der Waals surface area contributed by atoms with Crippen molar-refractivity contribution < 1.29 is 31.6 Å². The fraction of sp³-hybridized carbons (Fsp3) is 0.750. The maximum atomic E-state index is 12.4. The molecule has 4 amide bonds. The number of carbonyl (C=O) groups excluding carboxylic acids is 3. The van der Waals surface area contributed by atoms with Crippen LogP contribution in [0.25, 0.3) is 0 Å². The minimum atomic E-state index is -4.84. The Hall–Kier alpha value is -1.92. The van der Waals surface area contributed by atoms with E-state index in [4.69, 9.17) is 4.55 Å². The first-order valence-electron chi connectivity index (χ1n) is 7.52. The lowest BCUT2D eigenvalue weighted by Crippen LogP contribution is -2.56. The van der Waals surface area contributed by atoms with Crippen LogP contribution in [0.3, 0.4) is 0 Å². The van der Waals surface area contributed by atoms with Crippen LogP contribution in [0.5, 0.6) is 0 Å². The summed E-state index contributed by atoms with van der Waals surface area (Å²) >= 11 is 0. The second kappa shape index (κ2) is 5.57. The van der Waals surface area contributed by atoms with E-state index in [1.54, 1.807) is 6.92 Å². The summed E-state index contributed by atoms with van der Waals surface area (Å²) in [5.41, 5.74) is 4.11. The Morgan fingerprint density at radius 1 is 1.38 bits per heavy atom. The third-order valence-electron chi connectivity index (χ3n) is 4.79.